The van der Waals surface area contributed by atoms with E-state index in [-0.39, 0.29) is 0 Å². The molecule has 0 spiro atoms. The molecule has 0 atom stereocenters. The van der Waals surface area contributed by atoms with Crippen molar-refractivity contribution >= 4 is 12.2 Å². The monoisotopic (exact) mass is 315 g/mol. The van der Waals surface area contributed by atoms with Crippen molar-refractivity contribution in [3.05, 3.63) is 0 Å². The van der Waals surface area contributed by atoms with Gasteiger partial charge in [0.25, 0.3) is 0 Å². The Labute approximate surface area is 132 Å². The van der Waals surface area contributed by atoms with Crippen molar-refractivity contribution in [2.24, 2.45) is 0 Å². The highest BCUT2D eigenvalue weighted by Gasteiger charge is 2.37. The molecule has 1 rings (SSSR count). The number of hydrogen-bond donors (Lipinski definition) is 3. The second kappa shape index (κ2) is 6.73. The Morgan fingerprint density at radius 2 is 1.23 bits per heavy atom. The van der Waals surface area contributed by atoms with Crippen LogP contribution in [0.5, 0.6) is 0 Å². The maximum atomic E-state index is 12.1. The van der Waals surface area contributed by atoms with E-state index in [4.69, 9.17) is 9.47 Å². The van der Waals surface area contributed by atoms with Gasteiger partial charge in [-0.3, -0.25) is 10.6 Å². The first-order chi connectivity index (χ1) is 9.91. The normalized spacial score (nSPS) is 18.3. The van der Waals surface area contributed by atoms with Crippen LogP contribution >= 0.6 is 0 Å². The number of carbonyl (C=O) groups is 2. The summed E-state index contributed by atoms with van der Waals surface area (Å²) in [7, 11) is 0. The molecular weight excluding hydrogens is 286 g/mol. The van der Waals surface area contributed by atoms with Gasteiger partial charge in [0, 0.05) is 12.8 Å². The quantitative estimate of drug-likeness (QED) is 0.679. The predicted octanol–water partition coefficient (Wildman–Crippen LogP) is 2.12. The smallest absolute Gasteiger partial charge is 0.409 e. The summed E-state index contributed by atoms with van der Waals surface area (Å²) in [4.78, 5) is 24.1. The Balaban J connectivity index is 2.73. The van der Waals surface area contributed by atoms with Crippen LogP contribution in [-0.4, -0.2) is 42.1 Å². The SMILES string of the molecule is CC(C)(C)OC(=O)NC1(NC(=O)OC(C)(C)C)CCNCC1. The number of rotatable bonds is 2. The Kier molecular flexibility index (Phi) is 5.67. The van der Waals surface area contributed by atoms with Gasteiger partial charge in [-0.15, -0.1) is 0 Å². The minimum absolute atomic E-state index is 0.551. The zero-order valence-electron chi connectivity index (χ0n) is 14.5. The summed E-state index contributed by atoms with van der Waals surface area (Å²) in [5.41, 5.74) is -2.04. The van der Waals surface area contributed by atoms with Crippen LogP contribution < -0.4 is 16.0 Å². The van der Waals surface area contributed by atoms with Crippen molar-refractivity contribution in [2.45, 2.75) is 71.2 Å². The van der Waals surface area contributed by atoms with Crippen LogP contribution in [0.4, 0.5) is 9.59 Å². The molecule has 0 aromatic heterocycles. The highest BCUT2D eigenvalue weighted by molar-refractivity contribution is 5.72. The maximum absolute atomic E-state index is 12.1. The Bertz CT molecular complexity index is 372. The molecular formula is C15H29N3O4. The standard InChI is InChI=1S/C15H29N3O4/c1-13(2,3)21-11(19)17-15(7-9-16-10-8-15)18-12(20)22-14(4,5)6/h16H,7-10H2,1-6H3,(H,17,19)(H,18,20). The van der Waals surface area contributed by atoms with Gasteiger partial charge in [-0.05, 0) is 54.6 Å². The maximum Gasteiger partial charge on any atom is 0.409 e. The molecule has 3 N–H and O–H groups in total. The van der Waals surface area contributed by atoms with Crippen LogP contribution in [0.15, 0.2) is 0 Å². The second-order valence-electron chi connectivity index (χ2n) is 7.59. The lowest BCUT2D eigenvalue weighted by Gasteiger charge is -2.39. The van der Waals surface area contributed by atoms with Gasteiger partial charge in [0.2, 0.25) is 0 Å². The third kappa shape index (κ3) is 6.98. The lowest BCUT2D eigenvalue weighted by atomic mass is 9.98. The molecule has 0 unspecified atom stereocenters. The van der Waals surface area contributed by atoms with Gasteiger partial charge in [0.1, 0.15) is 16.9 Å². The van der Waals surface area contributed by atoms with Gasteiger partial charge >= 0.3 is 12.2 Å². The van der Waals surface area contributed by atoms with Crippen LogP contribution in [0.3, 0.4) is 0 Å². The third-order valence-corrected chi connectivity index (χ3v) is 2.94. The first-order valence-electron chi connectivity index (χ1n) is 7.64. The molecule has 128 valence electrons. The van der Waals surface area contributed by atoms with E-state index in [1.807, 2.05) is 0 Å². The van der Waals surface area contributed by atoms with E-state index in [1.54, 1.807) is 41.5 Å². The van der Waals surface area contributed by atoms with Crippen LogP contribution in [0.25, 0.3) is 0 Å². The molecule has 1 fully saturated rings. The lowest BCUT2D eigenvalue weighted by molar-refractivity contribution is 0.0280. The summed E-state index contributed by atoms with van der Waals surface area (Å²) >= 11 is 0. The predicted molar refractivity (Wildman–Crippen MR) is 83.6 cm³/mol. The number of carbonyl (C=O) groups excluding carboxylic acids is 2. The fraction of sp³-hybridized carbons (Fsp3) is 0.867. The van der Waals surface area contributed by atoms with Gasteiger partial charge < -0.3 is 14.8 Å². The fourth-order valence-electron chi connectivity index (χ4n) is 2.13. The number of ether oxygens (including phenoxy) is 2. The topological polar surface area (TPSA) is 88.7 Å². The van der Waals surface area contributed by atoms with Crippen molar-refractivity contribution in [2.75, 3.05) is 13.1 Å². The van der Waals surface area contributed by atoms with Crippen molar-refractivity contribution in [1.29, 1.82) is 0 Å². The molecule has 7 nitrogen and oxygen atoms in total. The van der Waals surface area contributed by atoms with Crippen molar-refractivity contribution in [3.63, 3.8) is 0 Å². The van der Waals surface area contributed by atoms with Crippen LogP contribution in [0.2, 0.25) is 0 Å². The average Bonchev–Trinajstić information content (AvgIpc) is 2.23. The zero-order valence-corrected chi connectivity index (χ0v) is 14.5. The van der Waals surface area contributed by atoms with Crippen LogP contribution in [-0.2, 0) is 9.47 Å². The first-order valence-corrected chi connectivity index (χ1v) is 7.64. The highest BCUT2D eigenvalue weighted by Crippen LogP contribution is 2.18. The van der Waals surface area contributed by atoms with Crippen molar-refractivity contribution in [1.82, 2.24) is 16.0 Å². The molecule has 1 aliphatic rings. The molecule has 0 aromatic rings. The van der Waals surface area contributed by atoms with Gasteiger partial charge in [-0.1, -0.05) is 0 Å². The average molecular weight is 315 g/mol. The van der Waals surface area contributed by atoms with Gasteiger partial charge in [-0.25, -0.2) is 9.59 Å². The molecule has 0 radical (unpaired) electrons. The third-order valence-electron chi connectivity index (χ3n) is 2.94. The second-order valence-corrected chi connectivity index (χ2v) is 7.59. The largest absolute Gasteiger partial charge is 0.444 e. The number of alkyl carbamates (subject to hydrolysis) is 2. The molecule has 2 amide bonds. The summed E-state index contributed by atoms with van der Waals surface area (Å²) in [5.74, 6) is 0. The van der Waals surface area contributed by atoms with E-state index in [9.17, 15) is 9.59 Å². The number of piperidine rings is 1. The number of nitrogens with one attached hydrogen (secondary N) is 3. The molecule has 0 aromatic carbocycles. The Morgan fingerprint density at radius 1 is 0.864 bits per heavy atom. The summed E-state index contributed by atoms with van der Waals surface area (Å²) in [6, 6.07) is 0. The summed E-state index contributed by atoms with van der Waals surface area (Å²) in [6.45, 7) is 12.1. The van der Waals surface area contributed by atoms with Crippen molar-refractivity contribution < 1.29 is 19.1 Å². The van der Waals surface area contributed by atoms with Crippen LogP contribution in [0, 0.1) is 0 Å². The van der Waals surface area contributed by atoms with Crippen LogP contribution in [0.1, 0.15) is 54.4 Å². The highest BCUT2D eigenvalue weighted by atomic mass is 16.6. The molecule has 0 aliphatic carbocycles. The molecule has 0 bridgehead atoms. The van der Waals surface area contributed by atoms with E-state index >= 15 is 0 Å². The molecule has 1 aliphatic heterocycles. The molecule has 0 saturated carbocycles. The van der Waals surface area contributed by atoms with Crippen molar-refractivity contribution in [3.8, 4) is 0 Å². The van der Waals surface area contributed by atoms with E-state index in [2.05, 4.69) is 16.0 Å². The summed E-state index contributed by atoms with van der Waals surface area (Å²) in [6.07, 6.45) is 0.0210. The van der Waals surface area contributed by atoms with Gasteiger partial charge in [0.15, 0.2) is 0 Å². The van der Waals surface area contributed by atoms with E-state index in [0.717, 1.165) is 0 Å². The first kappa shape index (κ1) is 18.5. The molecule has 1 heterocycles. The number of hydrogen-bond acceptors (Lipinski definition) is 5. The Morgan fingerprint density at radius 3 is 1.55 bits per heavy atom. The summed E-state index contributed by atoms with van der Waals surface area (Å²) in [5, 5.41) is 8.78. The van der Waals surface area contributed by atoms with E-state index in [0.29, 0.717) is 25.9 Å². The Hall–Kier alpha value is -1.50. The summed E-state index contributed by atoms with van der Waals surface area (Å²) < 4.78 is 10.6. The van der Waals surface area contributed by atoms with Gasteiger partial charge in [-0.2, -0.15) is 0 Å². The lowest BCUT2D eigenvalue weighted by Crippen LogP contribution is -2.65. The minimum atomic E-state index is -0.851. The van der Waals surface area contributed by atoms with E-state index < -0.39 is 29.1 Å². The molecule has 22 heavy (non-hydrogen) atoms. The number of amides is 2. The van der Waals surface area contributed by atoms with E-state index in [1.165, 1.54) is 0 Å². The minimum Gasteiger partial charge on any atom is -0.444 e. The molecule has 1 saturated heterocycles. The molecule has 7 heteroatoms. The fourth-order valence-corrected chi connectivity index (χ4v) is 2.13. The van der Waals surface area contributed by atoms with Gasteiger partial charge in [0.05, 0.1) is 0 Å². The zero-order chi connectivity index (χ0) is 17.0.